The monoisotopic (exact) mass is 484 g/mol. The minimum atomic E-state index is -0.537. The van der Waals surface area contributed by atoms with Crippen LogP contribution in [0.3, 0.4) is 0 Å². The molecule has 0 atom stereocenters. The van der Waals surface area contributed by atoms with Crippen molar-refractivity contribution in [3.05, 3.63) is 40.2 Å². The number of anilines is 1. The van der Waals surface area contributed by atoms with Gasteiger partial charge >= 0.3 is 0 Å². The summed E-state index contributed by atoms with van der Waals surface area (Å²) in [5, 5.41) is 30.4. The van der Waals surface area contributed by atoms with Crippen LogP contribution in [0.15, 0.2) is 21.9 Å². The van der Waals surface area contributed by atoms with E-state index in [1.807, 2.05) is 67.8 Å². The summed E-state index contributed by atoms with van der Waals surface area (Å²) in [4.78, 5) is 14.0. The molecule has 0 saturated carbocycles. The van der Waals surface area contributed by atoms with Crippen LogP contribution in [-0.4, -0.2) is 56.6 Å². The number of carbonyl (C=O) groups excluding carboxylic acids is 1. The molecule has 0 aliphatic carbocycles. The number of phenols is 1. The van der Waals surface area contributed by atoms with Gasteiger partial charge in [-0.15, -0.1) is 5.10 Å². The zero-order valence-corrected chi connectivity index (χ0v) is 21.5. The fourth-order valence-corrected chi connectivity index (χ4v) is 3.57. The number of phenolic OH excluding ortho intramolecular Hbond substituents is 1. The van der Waals surface area contributed by atoms with E-state index in [9.17, 15) is 9.90 Å². The molecule has 2 heterocycles. The fraction of sp³-hybridized carbons (Fsp3) is 0.478. The van der Waals surface area contributed by atoms with Crippen LogP contribution in [0.4, 0.5) is 5.82 Å². The van der Waals surface area contributed by atoms with E-state index in [0.717, 1.165) is 21.6 Å². The quantitative estimate of drug-likeness (QED) is 0.297. The maximum atomic E-state index is 12.9. The van der Waals surface area contributed by atoms with Gasteiger partial charge in [0, 0.05) is 11.1 Å². The van der Waals surface area contributed by atoms with Crippen molar-refractivity contribution in [3.8, 4) is 11.6 Å². The number of nitrogens with one attached hydrogen (secondary N) is 2. The Kier molecular flexibility index (Phi) is 6.97. The number of hydrazone groups is 1. The van der Waals surface area contributed by atoms with Gasteiger partial charge in [0.05, 0.1) is 20.3 Å². The Morgan fingerprint density at radius 2 is 1.77 bits per heavy atom. The predicted molar refractivity (Wildman–Crippen MR) is 131 cm³/mol. The Morgan fingerprint density at radius 1 is 1.17 bits per heavy atom. The highest BCUT2D eigenvalue weighted by Crippen LogP contribution is 2.39. The summed E-state index contributed by atoms with van der Waals surface area (Å²) in [6, 6.07) is 3.75. The van der Waals surface area contributed by atoms with E-state index in [1.54, 1.807) is 6.21 Å². The van der Waals surface area contributed by atoms with Gasteiger partial charge in [-0.25, -0.2) is 10.1 Å². The smallest absolute Gasteiger partial charge is 0.294 e. The van der Waals surface area contributed by atoms with Crippen LogP contribution in [0.25, 0.3) is 5.82 Å². The van der Waals surface area contributed by atoms with E-state index in [1.165, 1.54) is 4.68 Å². The lowest BCUT2D eigenvalue weighted by Crippen LogP contribution is -3.04. The van der Waals surface area contributed by atoms with Crippen molar-refractivity contribution in [1.82, 2.24) is 30.7 Å². The van der Waals surface area contributed by atoms with Gasteiger partial charge in [-0.2, -0.15) is 9.78 Å². The molecule has 12 nitrogen and oxygen atoms in total. The van der Waals surface area contributed by atoms with Crippen molar-refractivity contribution in [2.45, 2.75) is 58.9 Å². The van der Waals surface area contributed by atoms with Gasteiger partial charge in [0.15, 0.2) is 5.69 Å². The van der Waals surface area contributed by atoms with E-state index in [2.05, 4.69) is 35.8 Å². The van der Waals surface area contributed by atoms with E-state index < -0.39 is 5.91 Å². The van der Waals surface area contributed by atoms with Crippen LogP contribution < -0.4 is 16.1 Å². The zero-order valence-electron chi connectivity index (χ0n) is 21.5. The molecule has 2 aromatic heterocycles. The number of hydrogen-bond donors (Lipinski definition) is 4. The van der Waals surface area contributed by atoms with Crippen molar-refractivity contribution in [2.75, 3.05) is 19.8 Å². The Hall–Kier alpha value is -3.80. The summed E-state index contributed by atoms with van der Waals surface area (Å²) >= 11 is 0. The van der Waals surface area contributed by atoms with Crippen molar-refractivity contribution >= 4 is 17.9 Å². The summed E-state index contributed by atoms with van der Waals surface area (Å²) in [6.07, 6.45) is 1.54. The molecule has 5 N–H and O–H groups in total. The number of quaternary nitrogens is 1. The molecule has 0 aliphatic heterocycles. The normalized spacial score (nSPS) is 12.6. The Balaban J connectivity index is 1.92. The number of amides is 1. The van der Waals surface area contributed by atoms with Gasteiger partial charge in [-0.3, -0.25) is 4.79 Å². The van der Waals surface area contributed by atoms with Crippen LogP contribution in [-0.2, 0) is 17.4 Å². The van der Waals surface area contributed by atoms with E-state index in [4.69, 9.17) is 5.73 Å². The lowest BCUT2D eigenvalue weighted by molar-refractivity contribution is -0.873. The maximum absolute atomic E-state index is 12.9. The SMILES string of the molecule is C[NH+](C)Cc1c(C(=O)N/N=C/c2cc(C(C)(C)C)c(O)c(C(C)(C)C)c2)nnn1-c1nonc1N. The number of carbonyl (C=O) groups is 1. The van der Waals surface area contributed by atoms with Gasteiger partial charge in [-0.1, -0.05) is 46.8 Å². The van der Waals surface area contributed by atoms with E-state index in [0.29, 0.717) is 12.2 Å². The van der Waals surface area contributed by atoms with E-state index in [-0.39, 0.29) is 33.9 Å². The topological polar surface area (TPSA) is 162 Å². The third kappa shape index (κ3) is 5.65. The second kappa shape index (κ2) is 9.45. The number of hydrogen-bond acceptors (Lipinski definition) is 9. The van der Waals surface area contributed by atoms with Crippen LogP contribution in [0.5, 0.6) is 5.75 Å². The predicted octanol–water partition coefficient (Wildman–Crippen LogP) is 0.942. The lowest BCUT2D eigenvalue weighted by atomic mass is 9.78. The first kappa shape index (κ1) is 25.8. The highest BCUT2D eigenvalue weighted by molar-refractivity contribution is 5.94. The maximum Gasteiger partial charge on any atom is 0.294 e. The molecule has 0 aliphatic rings. The van der Waals surface area contributed by atoms with Crippen molar-refractivity contribution in [2.24, 2.45) is 5.10 Å². The number of nitrogen functional groups attached to an aromatic ring is 1. The standard InChI is InChI=1S/C23H33N9O3/c1-22(2,3)14-9-13(10-15(18(14)33)23(4,5)6)11-25-27-21(34)17-16(12-31(7)8)32(30-26-17)20-19(24)28-35-29-20/h9-11,33H,12H2,1-8H3,(H2,24,28)(H,27,34)/p+1/b25-11+. The minimum Gasteiger partial charge on any atom is -0.507 e. The number of nitrogens with zero attached hydrogens (tertiary/aromatic N) is 6. The molecule has 0 fully saturated rings. The molecule has 3 rings (SSSR count). The molecule has 1 amide bonds. The lowest BCUT2D eigenvalue weighted by Gasteiger charge is -2.27. The first-order valence-corrected chi connectivity index (χ1v) is 11.2. The van der Waals surface area contributed by atoms with Gasteiger partial charge in [-0.05, 0) is 38.8 Å². The summed E-state index contributed by atoms with van der Waals surface area (Å²) < 4.78 is 5.99. The Labute approximate surface area is 204 Å². The second-order valence-electron chi connectivity index (χ2n) is 10.8. The molecule has 12 heteroatoms. The molecule has 0 unspecified atom stereocenters. The van der Waals surface area contributed by atoms with Crippen LogP contribution in [0, 0.1) is 0 Å². The summed E-state index contributed by atoms with van der Waals surface area (Å²) in [6.45, 7) is 12.6. The third-order valence-corrected chi connectivity index (χ3v) is 5.32. The average molecular weight is 485 g/mol. The number of aromatic hydroxyl groups is 1. The fourth-order valence-electron chi connectivity index (χ4n) is 3.57. The largest absolute Gasteiger partial charge is 0.507 e. The molecular formula is C23H34N9O3+. The molecule has 0 saturated heterocycles. The molecule has 35 heavy (non-hydrogen) atoms. The molecule has 0 bridgehead atoms. The molecule has 188 valence electrons. The summed E-state index contributed by atoms with van der Waals surface area (Å²) in [5.41, 5.74) is 10.7. The zero-order chi connectivity index (χ0) is 26.1. The van der Waals surface area contributed by atoms with Gasteiger partial charge in [0.2, 0.25) is 11.6 Å². The minimum absolute atomic E-state index is 0.0338. The number of aromatic nitrogens is 5. The van der Waals surface area contributed by atoms with Crippen LogP contribution in [0.1, 0.15) is 74.4 Å². The van der Waals surface area contributed by atoms with Crippen LogP contribution >= 0.6 is 0 Å². The molecular weight excluding hydrogens is 450 g/mol. The van der Waals surface area contributed by atoms with Gasteiger partial charge < -0.3 is 15.7 Å². The Bertz CT molecular complexity index is 1210. The van der Waals surface area contributed by atoms with Crippen molar-refractivity contribution in [3.63, 3.8) is 0 Å². The van der Waals surface area contributed by atoms with Crippen molar-refractivity contribution in [1.29, 1.82) is 0 Å². The number of benzene rings is 1. The average Bonchev–Trinajstić information content (AvgIpc) is 3.32. The highest BCUT2D eigenvalue weighted by Gasteiger charge is 2.27. The highest BCUT2D eigenvalue weighted by atomic mass is 16.6. The number of rotatable bonds is 6. The van der Waals surface area contributed by atoms with Crippen molar-refractivity contribution < 1.29 is 19.4 Å². The molecule has 3 aromatic rings. The van der Waals surface area contributed by atoms with E-state index >= 15 is 0 Å². The third-order valence-electron chi connectivity index (χ3n) is 5.32. The van der Waals surface area contributed by atoms with Gasteiger partial charge in [0.25, 0.3) is 5.91 Å². The summed E-state index contributed by atoms with van der Waals surface area (Å²) in [5.74, 6) is -0.0683. The first-order valence-electron chi connectivity index (χ1n) is 11.2. The number of nitrogens with two attached hydrogens (primary N) is 1. The second-order valence-corrected chi connectivity index (χ2v) is 10.8. The Morgan fingerprint density at radius 3 is 2.26 bits per heavy atom. The summed E-state index contributed by atoms with van der Waals surface area (Å²) in [7, 11) is 3.85. The van der Waals surface area contributed by atoms with Gasteiger partial charge in [0.1, 0.15) is 18.0 Å². The molecule has 0 spiro atoms. The van der Waals surface area contributed by atoms with Crippen LogP contribution in [0.2, 0.25) is 0 Å². The molecule has 0 radical (unpaired) electrons. The molecule has 1 aromatic carbocycles. The first-order chi connectivity index (χ1) is 16.2.